The van der Waals surface area contributed by atoms with Gasteiger partial charge in [-0.05, 0) is 42.9 Å². The van der Waals surface area contributed by atoms with Crippen LogP contribution in [0.2, 0.25) is 0 Å². The fraction of sp³-hybridized carbons (Fsp3) is 0.300. The molecule has 2 aromatic carbocycles. The molecule has 31 heavy (non-hydrogen) atoms. The summed E-state index contributed by atoms with van der Waals surface area (Å²) in [7, 11) is 1.46. The molecule has 0 heterocycles. The molecule has 2 aromatic rings. The Morgan fingerprint density at radius 1 is 1.06 bits per heavy atom. The van der Waals surface area contributed by atoms with Crippen LogP contribution < -0.4 is 14.2 Å². The molecule has 0 saturated heterocycles. The third-order valence-corrected chi connectivity index (χ3v) is 5.78. The van der Waals surface area contributed by atoms with E-state index in [4.69, 9.17) is 14.2 Å². The topological polar surface area (TPSA) is 111 Å². The zero-order valence-electron chi connectivity index (χ0n) is 17.5. The minimum absolute atomic E-state index is 0.0495. The summed E-state index contributed by atoms with van der Waals surface area (Å²) in [4.78, 5) is 25.6. The van der Waals surface area contributed by atoms with E-state index in [1.807, 2.05) is 0 Å². The van der Waals surface area contributed by atoms with E-state index in [0.29, 0.717) is 5.56 Å². The van der Waals surface area contributed by atoms with Crippen LogP contribution in [0.5, 0.6) is 11.5 Å². The van der Waals surface area contributed by atoms with E-state index in [-0.39, 0.29) is 28.5 Å². The Morgan fingerprint density at radius 3 is 2.29 bits per heavy atom. The van der Waals surface area contributed by atoms with Crippen LogP contribution in [0, 0.1) is 5.82 Å². The van der Waals surface area contributed by atoms with Crippen molar-refractivity contribution in [3.8, 4) is 11.5 Å². The van der Waals surface area contributed by atoms with Crippen LogP contribution in [-0.4, -0.2) is 60.1 Å². The molecule has 9 nitrogen and oxygen atoms in total. The number of hydrogen-bond donors (Lipinski definition) is 1. The van der Waals surface area contributed by atoms with Crippen LogP contribution in [0.3, 0.4) is 0 Å². The predicted molar refractivity (Wildman–Crippen MR) is 109 cm³/mol. The van der Waals surface area contributed by atoms with Gasteiger partial charge in [0.15, 0.2) is 18.2 Å². The summed E-state index contributed by atoms with van der Waals surface area (Å²) in [5.74, 6) is -1.83. The summed E-state index contributed by atoms with van der Waals surface area (Å²) in [6.45, 7) is -0.488. The van der Waals surface area contributed by atoms with E-state index < -0.39 is 34.3 Å². The molecular weight excluding hydrogens is 431 g/mol. The van der Waals surface area contributed by atoms with Gasteiger partial charge in [-0.15, -0.1) is 0 Å². The Bertz CT molecular complexity index is 1070. The van der Waals surface area contributed by atoms with Gasteiger partial charge in [-0.1, -0.05) is 6.07 Å². The first kappa shape index (κ1) is 24.1. The van der Waals surface area contributed by atoms with Crippen LogP contribution in [-0.2, 0) is 26.1 Å². The molecule has 0 aliphatic rings. The molecule has 0 aliphatic heterocycles. The standard InChI is InChI=1S/C20H23FN2O7S/c1-22-31(26,27)18-10-14(6-8-17(18)29-4)20(25)30-12-19(24)23(2)11-13-5-7-16(28-3)15(21)9-13/h5-10,22H,11-12H2,1-4H3. The number of benzene rings is 2. The first-order valence-corrected chi connectivity index (χ1v) is 10.5. The van der Waals surface area contributed by atoms with Gasteiger partial charge in [0.05, 0.1) is 19.8 Å². The molecule has 2 rings (SSSR count). The van der Waals surface area contributed by atoms with Crippen molar-refractivity contribution in [1.82, 2.24) is 9.62 Å². The molecule has 0 unspecified atom stereocenters. The minimum atomic E-state index is -3.88. The van der Waals surface area contributed by atoms with Gasteiger partial charge >= 0.3 is 5.97 Å². The molecule has 0 atom stereocenters. The van der Waals surface area contributed by atoms with Gasteiger partial charge < -0.3 is 19.1 Å². The Hall–Kier alpha value is -3.18. The second-order valence-electron chi connectivity index (χ2n) is 6.37. The molecule has 1 amide bonds. The Balaban J connectivity index is 2.04. The van der Waals surface area contributed by atoms with Crippen molar-refractivity contribution in [1.29, 1.82) is 0 Å². The number of amides is 1. The maximum Gasteiger partial charge on any atom is 0.338 e. The fourth-order valence-corrected chi connectivity index (χ4v) is 3.53. The number of esters is 1. The number of rotatable bonds is 9. The lowest BCUT2D eigenvalue weighted by atomic mass is 10.2. The highest BCUT2D eigenvalue weighted by molar-refractivity contribution is 7.89. The summed E-state index contributed by atoms with van der Waals surface area (Å²) < 4.78 is 55.0. The quantitative estimate of drug-likeness (QED) is 0.573. The Labute approximate surface area is 179 Å². The van der Waals surface area contributed by atoms with Crippen molar-refractivity contribution < 1.29 is 36.6 Å². The van der Waals surface area contributed by atoms with Gasteiger partial charge in [0.2, 0.25) is 10.0 Å². The molecule has 1 N–H and O–H groups in total. The van der Waals surface area contributed by atoms with Crippen molar-refractivity contribution in [2.45, 2.75) is 11.4 Å². The van der Waals surface area contributed by atoms with Crippen LogP contribution in [0.25, 0.3) is 0 Å². The summed E-state index contributed by atoms with van der Waals surface area (Å²) in [5, 5.41) is 0. The van der Waals surface area contributed by atoms with E-state index in [9.17, 15) is 22.4 Å². The number of halogens is 1. The minimum Gasteiger partial charge on any atom is -0.495 e. The molecule has 0 fully saturated rings. The third kappa shape index (κ3) is 5.92. The normalized spacial score (nSPS) is 11.0. The van der Waals surface area contributed by atoms with Crippen LogP contribution in [0.4, 0.5) is 4.39 Å². The average Bonchev–Trinajstić information content (AvgIpc) is 2.76. The number of nitrogens with one attached hydrogen (secondary N) is 1. The number of likely N-dealkylation sites (N-methyl/N-ethyl adjacent to an activating group) is 1. The lowest BCUT2D eigenvalue weighted by molar-refractivity contribution is -0.133. The first-order chi connectivity index (χ1) is 14.6. The number of ether oxygens (including phenoxy) is 3. The maximum atomic E-state index is 13.8. The number of methoxy groups -OCH3 is 2. The smallest absolute Gasteiger partial charge is 0.338 e. The highest BCUT2D eigenvalue weighted by atomic mass is 32.2. The number of sulfonamides is 1. The van der Waals surface area contributed by atoms with Gasteiger partial charge in [0.1, 0.15) is 10.6 Å². The number of carbonyl (C=O) groups excluding carboxylic acids is 2. The van der Waals surface area contributed by atoms with Crippen molar-refractivity contribution in [3.05, 3.63) is 53.3 Å². The van der Waals surface area contributed by atoms with Crippen molar-refractivity contribution in [2.24, 2.45) is 0 Å². The summed E-state index contributed by atoms with van der Waals surface area (Å²) in [6.07, 6.45) is 0. The molecule has 0 bridgehead atoms. The van der Waals surface area contributed by atoms with Gasteiger partial charge in [0, 0.05) is 13.6 Å². The predicted octanol–water partition coefficient (Wildman–Crippen LogP) is 1.57. The highest BCUT2D eigenvalue weighted by Gasteiger charge is 2.21. The lowest BCUT2D eigenvalue weighted by Crippen LogP contribution is -2.31. The molecule has 0 spiro atoms. The molecule has 0 aromatic heterocycles. The molecule has 11 heteroatoms. The van der Waals surface area contributed by atoms with E-state index in [2.05, 4.69) is 4.72 Å². The van der Waals surface area contributed by atoms with Gasteiger partial charge in [0.25, 0.3) is 5.91 Å². The SMILES string of the molecule is CNS(=O)(=O)c1cc(C(=O)OCC(=O)N(C)Cc2ccc(OC)c(F)c2)ccc1OC. The zero-order valence-corrected chi connectivity index (χ0v) is 18.3. The molecule has 0 saturated carbocycles. The number of nitrogens with zero attached hydrogens (tertiary/aromatic N) is 1. The lowest BCUT2D eigenvalue weighted by Gasteiger charge is -2.18. The summed E-state index contributed by atoms with van der Waals surface area (Å²) >= 11 is 0. The molecule has 0 radical (unpaired) electrons. The van der Waals surface area contributed by atoms with Gasteiger partial charge in [-0.2, -0.15) is 0 Å². The second-order valence-corrected chi connectivity index (χ2v) is 8.22. The second kappa shape index (κ2) is 10.2. The summed E-state index contributed by atoms with van der Waals surface area (Å²) in [6, 6.07) is 8.04. The zero-order chi connectivity index (χ0) is 23.2. The maximum absolute atomic E-state index is 13.8. The monoisotopic (exact) mass is 454 g/mol. The Kier molecular flexibility index (Phi) is 7.95. The Morgan fingerprint density at radius 2 is 1.71 bits per heavy atom. The first-order valence-electron chi connectivity index (χ1n) is 8.98. The fourth-order valence-electron chi connectivity index (χ4n) is 2.61. The largest absolute Gasteiger partial charge is 0.495 e. The van der Waals surface area contributed by atoms with Crippen molar-refractivity contribution in [2.75, 3.05) is 34.9 Å². The summed E-state index contributed by atoms with van der Waals surface area (Å²) in [5.41, 5.74) is 0.458. The third-order valence-electron chi connectivity index (χ3n) is 4.35. The van der Waals surface area contributed by atoms with Gasteiger partial charge in [-0.3, -0.25) is 4.79 Å². The van der Waals surface area contributed by atoms with Crippen molar-refractivity contribution in [3.63, 3.8) is 0 Å². The van der Waals surface area contributed by atoms with E-state index >= 15 is 0 Å². The molecule has 0 aliphatic carbocycles. The highest BCUT2D eigenvalue weighted by Crippen LogP contribution is 2.25. The molecule has 168 valence electrons. The van der Waals surface area contributed by atoms with Crippen LogP contribution in [0.15, 0.2) is 41.3 Å². The van der Waals surface area contributed by atoms with E-state index in [1.165, 1.54) is 57.5 Å². The van der Waals surface area contributed by atoms with Crippen molar-refractivity contribution >= 4 is 21.9 Å². The van der Waals surface area contributed by atoms with E-state index in [0.717, 1.165) is 6.07 Å². The van der Waals surface area contributed by atoms with Crippen LogP contribution >= 0.6 is 0 Å². The van der Waals surface area contributed by atoms with Gasteiger partial charge in [-0.25, -0.2) is 22.3 Å². The van der Waals surface area contributed by atoms with E-state index in [1.54, 1.807) is 6.07 Å². The molecular formula is C20H23FN2O7S. The number of hydrogen-bond acceptors (Lipinski definition) is 7. The van der Waals surface area contributed by atoms with Crippen LogP contribution in [0.1, 0.15) is 15.9 Å². The average molecular weight is 454 g/mol. The number of carbonyl (C=O) groups is 2.